The van der Waals surface area contributed by atoms with Crippen LogP contribution in [-0.4, -0.2) is 23.0 Å². The zero-order valence-electron chi connectivity index (χ0n) is 14.6. The summed E-state index contributed by atoms with van der Waals surface area (Å²) in [5.41, 5.74) is 1.93. The monoisotopic (exact) mass is 386 g/mol. The number of amides is 1. The fourth-order valence-corrected chi connectivity index (χ4v) is 2.49. The predicted octanol–water partition coefficient (Wildman–Crippen LogP) is 4.58. The van der Waals surface area contributed by atoms with Gasteiger partial charge in [0.25, 0.3) is 5.91 Å². The topological polar surface area (TPSA) is 76.1 Å². The van der Waals surface area contributed by atoms with Crippen LogP contribution in [-0.2, 0) is 0 Å². The number of benzene rings is 2. The van der Waals surface area contributed by atoms with E-state index in [4.69, 9.17) is 16.3 Å². The lowest BCUT2D eigenvalue weighted by molar-refractivity contribution is 0.102. The summed E-state index contributed by atoms with van der Waals surface area (Å²) >= 11 is 6.07. The molecule has 3 rings (SSSR count). The smallest absolute Gasteiger partial charge is 0.275 e. The number of rotatable bonds is 5. The summed E-state index contributed by atoms with van der Waals surface area (Å²) in [5, 5.41) is 6.18. The first kappa shape index (κ1) is 18.6. The maximum Gasteiger partial charge on any atom is 0.275 e. The first-order valence-electron chi connectivity index (χ1n) is 7.96. The minimum atomic E-state index is -0.445. The van der Waals surface area contributed by atoms with E-state index in [9.17, 15) is 9.18 Å². The first-order valence-corrected chi connectivity index (χ1v) is 8.34. The van der Waals surface area contributed by atoms with E-state index in [1.165, 1.54) is 31.6 Å². The molecule has 1 aromatic heterocycles. The Balaban J connectivity index is 1.73. The molecule has 0 fully saturated rings. The summed E-state index contributed by atoms with van der Waals surface area (Å²) in [6, 6.07) is 9.29. The van der Waals surface area contributed by atoms with Crippen molar-refractivity contribution in [3.63, 3.8) is 0 Å². The number of hydrogen-bond acceptors (Lipinski definition) is 5. The Hall–Kier alpha value is -3.19. The van der Waals surface area contributed by atoms with Gasteiger partial charge in [-0.25, -0.2) is 14.4 Å². The fourth-order valence-electron chi connectivity index (χ4n) is 2.34. The van der Waals surface area contributed by atoms with Crippen molar-refractivity contribution >= 4 is 34.7 Å². The third-order valence-corrected chi connectivity index (χ3v) is 4.12. The van der Waals surface area contributed by atoms with E-state index < -0.39 is 5.91 Å². The number of aryl methyl sites for hydroxylation is 1. The normalized spacial score (nSPS) is 10.4. The molecule has 1 amide bonds. The summed E-state index contributed by atoms with van der Waals surface area (Å²) in [6.07, 6.45) is 2.72. The van der Waals surface area contributed by atoms with Crippen molar-refractivity contribution in [2.45, 2.75) is 6.92 Å². The van der Waals surface area contributed by atoms with Gasteiger partial charge >= 0.3 is 0 Å². The molecule has 2 N–H and O–H groups in total. The minimum Gasteiger partial charge on any atom is -0.495 e. The van der Waals surface area contributed by atoms with Gasteiger partial charge in [0.1, 0.15) is 23.1 Å². The molecule has 8 heteroatoms. The number of nitrogens with one attached hydrogen (secondary N) is 2. The second-order valence-corrected chi connectivity index (χ2v) is 6.09. The molecule has 0 bridgehead atoms. The van der Waals surface area contributed by atoms with Gasteiger partial charge in [0.15, 0.2) is 0 Å². The quantitative estimate of drug-likeness (QED) is 0.671. The van der Waals surface area contributed by atoms with Crippen LogP contribution >= 0.6 is 11.6 Å². The molecule has 0 spiro atoms. The van der Waals surface area contributed by atoms with Gasteiger partial charge in [-0.1, -0.05) is 17.7 Å². The summed E-state index contributed by atoms with van der Waals surface area (Å²) in [4.78, 5) is 20.6. The lowest BCUT2D eigenvalue weighted by atomic mass is 10.2. The Morgan fingerprint density at radius 3 is 2.67 bits per heavy atom. The van der Waals surface area contributed by atoms with Crippen molar-refractivity contribution in [2.24, 2.45) is 0 Å². The number of aromatic nitrogens is 2. The third kappa shape index (κ3) is 4.51. The summed E-state index contributed by atoms with van der Waals surface area (Å²) in [7, 11) is 1.49. The molecule has 0 saturated carbocycles. The Morgan fingerprint density at radius 2 is 2.00 bits per heavy atom. The molecule has 138 valence electrons. The van der Waals surface area contributed by atoms with E-state index in [1.807, 2.05) is 6.92 Å². The molecule has 3 aromatic rings. The predicted molar refractivity (Wildman–Crippen MR) is 102 cm³/mol. The standard InChI is InChI=1S/C19H16ClFN4O2/c1-11-6-15(17(27-2)8-14(11)20)25-19(26)16-9-23-18(10-22-16)24-13-5-3-4-12(21)7-13/h3-10H,1-2H3,(H,23,24)(H,25,26). The Kier molecular flexibility index (Phi) is 5.52. The highest BCUT2D eigenvalue weighted by Crippen LogP contribution is 2.31. The number of carbonyl (C=O) groups excluding carboxylic acids is 1. The van der Waals surface area contributed by atoms with E-state index in [2.05, 4.69) is 20.6 Å². The zero-order chi connectivity index (χ0) is 19.4. The van der Waals surface area contributed by atoms with Crippen LogP contribution in [0.3, 0.4) is 0 Å². The van der Waals surface area contributed by atoms with Crippen LogP contribution in [0.15, 0.2) is 48.8 Å². The fraction of sp³-hybridized carbons (Fsp3) is 0.105. The number of hydrogen-bond donors (Lipinski definition) is 2. The van der Waals surface area contributed by atoms with Gasteiger partial charge in [-0.3, -0.25) is 4.79 Å². The van der Waals surface area contributed by atoms with Crippen LogP contribution in [0.2, 0.25) is 5.02 Å². The first-order chi connectivity index (χ1) is 13.0. The van der Waals surface area contributed by atoms with E-state index >= 15 is 0 Å². The lowest BCUT2D eigenvalue weighted by Gasteiger charge is -2.12. The molecular formula is C19H16ClFN4O2. The Bertz CT molecular complexity index is 980. The van der Waals surface area contributed by atoms with Gasteiger partial charge in [0, 0.05) is 16.8 Å². The maximum atomic E-state index is 13.2. The van der Waals surface area contributed by atoms with Gasteiger partial charge in [0.05, 0.1) is 25.2 Å². The highest BCUT2D eigenvalue weighted by Gasteiger charge is 2.13. The van der Waals surface area contributed by atoms with Gasteiger partial charge in [-0.15, -0.1) is 0 Å². The minimum absolute atomic E-state index is 0.120. The van der Waals surface area contributed by atoms with Crippen LogP contribution in [0.1, 0.15) is 16.1 Å². The second-order valence-electron chi connectivity index (χ2n) is 5.68. The third-order valence-electron chi connectivity index (χ3n) is 3.71. The Morgan fingerprint density at radius 1 is 1.19 bits per heavy atom. The van der Waals surface area contributed by atoms with E-state index in [1.54, 1.807) is 24.3 Å². The number of ether oxygens (including phenoxy) is 1. The van der Waals surface area contributed by atoms with E-state index in [0.717, 1.165) is 5.56 Å². The molecule has 0 atom stereocenters. The molecule has 0 aliphatic heterocycles. The molecule has 0 unspecified atom stereocenters. The van der Waals surface area contributed by atoms with Crippen LogP contribution in [0.4, 0.5) is 21.6 Å². The number of methoxy groups -OCH3 is 1. The summed E-state index contributed by atoms with van der Waals surface area (Å²) in [6.45, 7) is 1.82. The molecule has 0 aliphatic rings. The van der Waals surface area contributed by atoms with Crippen molar-refractivity contribution < 1.29 is 13.9 Å². The van der Waals surface area contributed by atoms with Crippen molar-refractivity contribution in [1.29, 1.82) is 0 Å². The average Bonchev–Trinajstić information content (AvgIpc) is 2.65. The highest BCUT2D eigenvalue weighted by molar-refractivity contribution is 6.31. The summed E-state index contributed by atoms with van der Waals surface area (Å²) in [5.74, 6) is 0.0179. The highest BCUT2D eigenvalue weighted by atomic mass is 35.5. The van der Waals surface area contributed by atoms with Gasteiger partial charge in [-0.05, 0) is 36.8 Å². The van der Waals surface area contributed by atoms with Crippen molar-refractivity contribution in [1.82, 2.24) is 9.97 Å². The van der Waals surface area contributed by atoms with E-state index in [0.29, 0.717) is 28.0 Å². The molecule has 0 saturated heterocycles. The number of anilines is 3. The summed E-state index contributed by atoms with van der Waals surface area (Å²) < 4.78 is 18.5. The van der Waals surface area contributed by atoms with Crippen molar-refractivity contribution in [2.75, 3.05) is 17.7 Å². The second kappa shape index (κ2) is 8.01. The van der Waals surface area contributed by atoms with Crippen LogP contribution in [0, 0.1) is 12.7 Å². The molecule has 27 heavy (non-hydrogen) atoms. The molecule has 2 aromatic carbocycles. The van der Waals surface area contributed by atoms with Gasteiger partial charge < -0.3 is 15.4 Å². The van der Waals surface area contributed by atoms with Gasteiger partial charge in [-0.2, -0.15) is 0 Å². The van der Waals surface area contributed by atoms with Crippen LogP contribution in [0.25, 0.3) is 0 Å². The number of carbonyl (C=O) groups is 1. The lowest BCUT2D eigenvalue weighted by Crippen LogP contribution is -2.15. The molecule has 1 heterocycles. The SMILES string of the molecule is COc1cc(Cl)c(C)cc1NC(=O)c1cnc(Nc2cccc(F)c2)cn1. The number of nitrogens with zero attached hydrogens (tertiary/aromatic N) is 2. The largest absolute Gasteiger partial charge is 0.495 e. The molecule has 0 aliphatic carbocycles. The molecular weight excluding hydrogens is 371 g/mol. The van der Waals surface area contributed by atoms with E-state index in [-0.39, 0.29) is 11.5 Å². The van der Waals surface area contributed by atoms with Crippen LogP contribution < -0.4 is 15.4 Å². The number of halogens is 2. The van der Waals surface area contributed by atoms with Crippen molar-refractivity contribution in [3.8, 4) is 5.75 Å². The van der Waals surface area contributed by atoms with Crippen molar-refractivity contribution in [3.05, 3.63) is 70.9 Å². The molecule has 6 nitrogen and oxygen atoms in total. The zero-order valence-corrected chi connectivity index (χ0v) is 15.3. The maximum absolute atomic E-state index is 13.2. The van der Waals surface area contributed by atoms with Gasteiger partial charge in [0.2, 0.25) is 0 Å². The average molecular weight is 387 g/mol. The Labute approximate surface area is 160 Å². The van der Waals surface area contributed by atoms with Crippen LogP contribution in [0.5, 0.6) is 5.75 Å². The molecule has 0 radical (unpaired) electrons.